The molecule has 2 aromatic heterocycles. The highest BCUT2D eigenvalue weighted by Crippen LogP contribution is 2.26. The fourth-order valence-corrected chi connectivity index (χ4v) is 2.09. The van der Waals surface area contributed by atoms with Crippen LogP contribution in [0.4, 0.5) is 0 Å². The molecule has 3 heterocycles. The highest BCUT2D eigenvalue weighted by Gasteiger charge is 2.29. The smallest absolute Gasteiger partial charge is 0.328 e. The number of hydrogen-bond donors (Lipinski definition) is 1. The molecule has 0 amide bonds. The van der Waals surface area contributed by atoms with Gasteiger partial charge in [-0.25, -0.2) is 14.5 Å². The molecule has 3 rings (SSSR count). The van der Waals surface area contributed by atoms with E-state index < -0.39 is 12.0 Å². The number of carbonyl (C=O) groups is 1. The molecule has 0 radical (unpaired) electrons. The molecule has 0 saturated carbocycles. The van der Waals surface area contributed by atoms with Gasteiger partial charge in [-0.1, -0.05) is 0 Å². The molecule has 1 N–H and O–H groups in total. The Kier molecular flexibility index (Phi) is 2.21. The summed E-state index contributed by atoms with van der Waals surface area (Å²) in [6.45, 7) is 0. The first-order chi connectivity index (χ1) is 8.25. The van der Waals surface area contributed by atoms with Crippen LogP contribution >= 0.6 is 0 Å². The van der Waals surface area contributed by atoms with E-state index in [9.17, 15) is 4.79 Å². The Labute approximate surface area is 96.9 Å². The molecule has 0 bridgehead atoms. The third-order valence-electron chi connectivity index (χ3n) is 2.90. The number of aromatic nitrogens is 3. The zero-order valence-corrected chi connectivity index (χ0v) is 9.04. The lowest BCUT2D eigenvalue weighted by atomic mass is 10.1. The fraction of sp³-hybridized carbons (Fsp3) is 0.364. The van der Waals surface area contributed by atoms with Gasteiger partial charge in [-0.15, -0.1) is 5.10 Å². The molecule has 1 aliphatic rings. The summed E-state index contributed by atoms with van der Waals surface area (Å²) in [7, 11) is 0. The number of rotatable bonds is 2. The van der Waals surface area contributed by atoms with Crippen molar-refractivity contribution >= 4 is 5.97 Å². The van der Waals surface area contributed by atoms with Crippen molar-refractivity contribution < 1.29 is 14.3 Å². The molecule has 6 heteroatoms. The van der Waals surface area contributed by atoms with Crippen LogP contribution in [0.25, 0.3) is 11.6 Å². The first kappa shape index (κ1) is 10.1. The minimum Gasteiger partial charge on any atom is -0.480 e. The molecule has 17 heavy (non-hydrogen) atoms. The molecule has 6 nitrogen and oxygen atoms in total. The molecule has 0 saturated heterocycles. The van der Waals surface area contributed by atoms with Gasteiger partial charge in [0.2, 0.25) is 5.82 Å². The van der Waals surface area contributed by atoms with Gasteiger partial charge in [0, 0.05) is 6.42 Å². The van der Waals surface area contributed by atoms with Crippen LogP contribution in [0.15, 0.2) is 22.8 Å². The Morgan fingerprint density at radius 3 is 3.18 bits per heavy atom. The van der Waals surface area contributed by atoms with Crippen LogP contribution in [-0.4, -0.2) is 25.8 Å². The van der Waals surface area contributed by atoms with E-state index in [0.29, 0.717) is 18.0 Å². The third-order valence-corrected chi connectivity index (χ3v) is 2.90. The van der Waals surface area contributed by atoms with Crippen LogP contribution in [0.3, 0.4) is 0 Å². The molecule has 0 fully saturated rings. The van der Waals surface area contributed by atoms with Gasteiger partial charge in [-0.05, 0) is 25.0 Å². The molecular weight excluding hydrogens is 222 g/mol. The van der Waals surface area contributed by atoms with Crippen molar-refractivity contribution in [2.24, 2.45) is 0 Å². The number of aryl methyl sites for hydroxylation is 1. The standard InChI is InChI=1S/C11H11N3O3/c15-11(16)7-3-1-5-9-12-10(13-14(7)9)8-4-2-6-17-8/h2,4,6-7H,1,3,5H2,(H,15,16). The Bertz CT molecular complexity index is 544. The van der Waals surface area contributed by atoms with Gasteiger partial charge in [-0.3, -0.25) is 0 Å². The molecule has 1 unspecified atom stereocenters. The Hall–Kier alpha value is -2.11. The molecule has 88 valence electrons. The predicted molar refractivity (Wildman–Crippen MR) is 57.3 cm³/mol. The van der Waals surface area contributed by atoms with Crippen molar-refractivity contribution in [3.05, 3.63) is 24.2 Å². The van der Waals surface area contributed by atoms with E-state index in [1.54, 1.807) is 18.4 Å². The largest absolute Gasteiger partial charge is 0.480 e. The maximum Gasteiger partial charge on any atom is 0.328 e. The van der Waals surface area contributed by atoms with Gasteiger partial charge in [0.1, 0.15) is 5.82 Å². The maximum atomic E-state index is 11.1. The van der Waals surface area contributed by atoms with Crippen molar-refractivity contribution in [3.8, 4) is 11.6 Å². The predicted octanol–water partition coefficient (Wildman–Crippen LogP) is 1.50. The number of fused-ring (bicyclic) bond motifs is 1. The second-order valence-electron chi connectivity index (χ2n) is 4.02. The Balaban J connectivity index is 2.04. The van der Waals surface area contributed by atoms with E-state index >= 15 is 0 Å². The summed E-state index contributed by atoms with van der Waals surface area (Å²) in [5.74, 6) is 0.881. The molecule has 0 spiro atoms. The van der Waals surface area contributed by atoms with Crippen molar-refractivity contribution in [2.75, 3.05) is 0 Å². The average molecular weight is 233 g/mol. The number of furan rings is 1. The highest BCUT2D eigenvalue weighted by atomic mass is 16.4. The number of hydrogen-bond acceptors (Lipinski definition) is 4. The average Bonchev–Trinajstić information content (AvgIpc) is 2.96. The molecule has 0 aromatic carbocycles. The van der Waals surface area contributed by atoms with E-state index in [2.05, 4.69) is 10.1 Å². The number of aliphatic carboxylic acids is 1. The van der Waals surface area contributed by atoms with E-state index in [1.807, 2.05) is 0 Å². The molecule has 1 aliphatic heterocycles. The lowest BCUT2D eigenvalue weighted by molar-refractivity contribution is -0.141. The minimum atomic E-state index is -0.859. The number of nitrogens with zero attached hydrogens (tertiary/aromatic N) is 3. The van der Waals surface area contributed by atoms with Crippen molar-refractivity contribution in [1.29, 1.82) is 0 Å². The summed E-state index contributed by atoms with van der Waals surface area (Å²) < 4.78 is 6.71. The first-order valence-corrected chi connectivity index (χ1v) is 5.48. The summed E-state index contributed by atoms with van der Waals surface area (Å²) >= 11 is 0. The van der Waals surface area contributed by atoms with Crippen LogP contribution in [-0.2, 0) is 11.2 Å². The van der Waals surface area contributed by atoms with Gasteiger partial charge < -0.3 is 9.52 Å². The van der Waals surface area contributed by atoms with Crippen LogP contribution < -0.4 is 0 Å². The lowest BCUT2D eigenvalue weighted by Gasteiger charge is -2.19. The number of carboxylic acids is 1. The summed E-state index contributed by atoms with van der Waals surface area (Å²) in [5, 5.41) is 13.3. The number of carboxylic acid groups (broad SMARTS) is 1. The van der Waals surface area contributed by atoms with E-state index in [0.717, 1.165) is 18.7 Å². The van der Waals surface area contributed by atoms with E-state index in [4.69, 9.17) is 9.52 Å². The first-order valence-electron chi connectivity index (χ1n) is 5.48. The van der Waals surface area contributed by atoms with E-state index in [1.165, 1.54) is 4.68 Å². The summed E-state index contributed by atoms with van der Waals surface area (Å²) in [5.41, 5.74) is 0. The molecule has 1 atom stereocenters. The Morgan fingerprint density at radius 1 is 1.59 bits per heavy atom. The quantitative estimate of drug-likeness (QED) is 0.850. The second-order valence-corrected chi connectivity index (χ2v) is 4.02. The molecule has 0 aliphatic carbocycles. The zero-order chi connectivity index (χ0) is 11.8. The van der Waals surface area contributed by atoms with Crippen molar-refractivity contribution in [3.63, 3.8) is 0 Å². The van der Waals surface area contributed by atoms with Gasteiger partial charge >= 0.3 is 5.97 Å². The monoisotopic (exact) mass is 233 g/mol. The molecule has 2 aromatic rings. The van der Waals surface area contributed by atoms with Crippen LogP contribution in [0.5, 0.6) is 0 Å². The highest BCUT2D eigenvalue weighted by molar-refractivity contribution is 5.72. The van der Waals surface area contributed by atoms with Gasteiger partial charge in [0.05, 0.1) is 6.26 Å². The van der Waals surface area contributed by atoms with Crippen LogP contribution in [0.1, 0.15) is 24.7 Å². The van der Waals surface area contributed by atoms with Crippen molar-refractivity contribution in [2.45, 2.75) is 25.3 Å². The van der Waals surface area contributed by atoms with Gasteiger partial charge in [-0.2, -0.15) is 0 Å². The Morgan fingerprint density at radius 2 is 2.47 bits per heavy atom. The SMILES string of the molecule is O=C(O)C1CCCc2nc(-c3ccco3)nn21. The molecular formula is C11H11N3O3. The van der Waals surface area contributed by atoms with E-state index in [-0.39, 0.29) is 0 Å². The second kappa shape index (κ2) is 3.73. The summed E-state index contributed by atoms with van der Waals surface area (Å²) in [6, 6.07) is 2.91. The van der Waals surface area contributed by atoms with Crippen LogP contribution in [0, 0.1) is 0 Å². The van der Waals surface area contributed by atoms with Gasteiger partial charge in [0.25, 0.3) is 0 Å². The topological polar surface area (TPSA) is 81.2 Å². The maximum absolute atomic E-state index is 11.1. The summed E-state index contributed by atoms with van der Waals surface area (Å²) in [6.07, 6.45) is 3.73. The summed E-state index contributed by atoms with van der Waals surface area (Å²) in [4.78, 5) is 15.4. The van der Waals surface area contributed by atoms with Gasteiger partial charge in [0.15, 0.2) is 11.8 Å². The zero-order valence-electron chi connectivity index (χ0n) is 9.04. The van der Waals surface area contributed by atoms with Crippen LogP contribution in [0.2, 0.25) is 0 Å². The fourth-order valence-electron chi connectivity index (χ4n) is 2.09. The third kappa shape index (κ3) is 1.61. The minimum absolute atomic E-state index is 0.457. The normalized spacial score (nSPS) is 18.9. The lowest BCUT2D eigenvalue weighted by Crippen LogP contribution is -2.25. The van der Waals surface area contributed by atoms with Crippen molar-refractivity contribution in [1.82, 2.24) is 14.8 Å².